The summed E-state index contributed by atoms with van der Waals surface area (Å²) >= 11 is 1.17. The molecule has 0 aromatic carbocycles. The number of carboxylic acids is 1. The fourth-order valence-corrected chi connectivity index (χ4v) is 2.21. The first kappa shape index (κ1) is 14.4. The van der Waals surface area contributed by atoms with Gasteiger partial charge >= 0.3 is 5.97 Å². The maximum Gasteiger partial charge on any atom is 0.338 e. The summed E-state index contributed by atoms with van der Waals surface area (Å²) in [5, 5.41) is 28.5. The van der Waals surface area contributed by atoms with Crippen molar-refractivity contribution in [2.45, 2.75) is 23.6 Å². The summed E-state index contributed by atoms with van der Waals surface area (Å²) in [7, 11) is 0. The number of hydrogen-bond acceptors (Lipinski definition) is 6. The predicted octanol–water partition coefficient (Wildman–Crippen LogP) is 1.55. The number of hydrogen-bond donors (Lipinski definition) is 2. The van der Waals surface area contributed by atoms with Crippen LogP contribution < -0.4 is 0 Å². The zero-order valence-corrected chi connectivity index (χ0v) is 10.4. The molecule has 2 N–H and O–H groups in total. The molecule has 0 radical (unpaired) electrons. The Morgan fingerprint density at radius 2 is 2.33 bits per heavy atom. The molecular weight excluding hydrogens is 260 g/mol. The van der Waals surface area contributed by atoms with E-state index in [-0.39, 0.29) is 28.1 Å². The lowest BCUT2D eigenvalue weighted by Gasteiger charge is -2.10. The first-order chi connectivity index (χ1) is 8.45. The lowest BCUT2D eigenvalue weighted by Crippen LogP contribution is -2.06. The summed E-state index contributed by atoms with van der Waals surface area (Å²) in [4.78, 5) is 24.7. The van der Waals surface area contributed by atoms with Gasteiger partial charge in [-0.25, -0.2) is 9.78 Å². The van der Waals surface area contributed by atoms with Gasteiger partial charge in [0.2, 0.25) is 0 Å². The number of carboxylic acid groups (broad SMARTS) is 1. The van der Waals surface area contributed by atoms with Gasteiger partial charge in [-0.1, -0.05) is 6.92 Å². The monoisotopic (exact) mass is 272 g/mol. The summed E-state index contributed by atoms with van der Waals surface area (Å²) in [6.07, 6.45) is 1.52. The molecule has 0 bridgehead atoms. The number of aromatic nitrogens is 1. The summed E-state index contributed by atoms with van der Waals surface area (Å²) in [5.74, 6) is -1.26. The van der Waals surface area contributed by atoms with E-state index in [0.29, 0.717) is 6.42 Å². The highest BCUT2D eigenvalue weighted by Gasteiger charge is 2.19. The number of carbonyl (C=O) groups is 1. The van der Waals surface area contributed by atoms with Gasteiger partial charge in [0.25, 0.3) is 5.69 Å². The van der Waals surface area contributed by atoms with Crippen LogP contribution in [0.3, 0.4) is 0 Å². The van der Waals surface area contributed by atoms with Gasteiger partial charge in [-0.15, -0.1) is 11.8 Å². The highest BCUT2D eigenvalue weighted by Crippen LogP contribution is 2.28. The Balaban J connectivity index is 3.04. The molecule has 98 valence electrons. The molecule has 0 saturated heterocycles. The fraction of sp³-hybridized carbons (Fsp3) is 0.400. The SMILES string of the molecule is CC(CCO)Sc1ncc([N+](=O)[O-])cc1C(=O)O. The Hall–Kier alpha value is -1.67. The molecule has 0 spiro atoms. The van der Waals surface area contributed by atoms with Crippen LogP contribution in [0, 0.1) is 10.1 Å². The van der Waals surface area contributed by atoms with Crippen LogP contribution in [0.2, 0.25) is 0 Å². The van der Waals surface area contributed by atoms with Crippen molar-refractivity contribution in [2.75, 3.05) is 6.61 Å². The van der Waals surface area contributed by atoms with Gasteiger partial charge in [0.15, 0.2) is 0 Å². The molecule has 0 aliphatic carbocycles. The summed E-state index contributed by atoms with van der Waals surface area (Å²) in [6.45, 7) is 1.80. The van der Waals surface area contributed by atoms with E-state index >= 15 is 0 Å². The number of thioether (sulfide) groups is 1. The Labute approximate surface area is 107 Å². The van der Waals surface area contributed by atoms with E-state index in [2.05, 4.69) is 4.98 Å². The molecule has 0 amide bonds. The number of aliphatic hydroxyl groups excluding tert-OH is 1. The molecule has 0 aliphatic heterocycles. The van der Waals surface area contributed by atoms with Crippen molar-refractivity contribution in [3.05, 3.63) is 27.9 Å². The van der Waals surface area contributed by atoms with Crippen LogP contribution in [0.5, 0.6) is 0 Å². The van der Waals surface area contributed by atoms with Crippen molar-refractivity contribution < 1.29 is 19.9 Å². The number of aromatic carboxylic acids is 1. The minimum atomic E-state index is -1.26. The van der Waals surface area contributed by atoms with Gasteiger partial charge in [-0.05, 0) is 6.42 Å². The number of rotatable bonds is 6. The zero-order chi connectivity index (χ0) is 13.7. The van der Waals surface area contributed by atoms with Crippen molar-refractivity contribution in [1.82, 2.24) is 4.98 Å². The van der Waals surface area contributed by atoms with Gasteiger partial charge in [-0.3, -0.25) is 10.1 Å². The van der Waals surface area contributed by atoms with Crippen molar-refractivity contribution in [3.8, 4) is 0 Å². The standard InChI is InChI=1S/C10H12N2O5S/c1-6(2-3-13)18-9-8(10(14)15)4-7(5-11-9)12(16)17/h4-6,13H,2-3H2,1H3,(H,14,15). The smallest absolute Gasteiger partial charge is 0.338 e. The molecule has 1 unspecified atom stereocenters. The highest BCUT2D eigenvalue weighted by atomic mass is 32.2. The van der Waals surface area contributed by atoms with Crippen molar-refractivity contribution in [1.29, 1.82) is 0 Å². The predicted molar refractivity (Wildman–Crippen MR) is 64.9 cm³/mol. The van der Waals surface area contributed by atoms with Crippen LogP contribution in [-0.2, 0) is 0 Å². The molecule has 1 aromatic rings. The largest absolute Gasteiger partial charge is 0.478 e. The first-order valence-corrected chi connectivity index (χ1v) is 5.99. The summed E-state index contributed by atoms with van der Waals surface area (Å²) < 4.78 is 0. The highest BCUT2D eigenvalue weighted by molar-refractivity contribution is 7.99. The quantitative estimate of drug-likeness (QED) is 0.458. The van der Waals surface area contributed by atoms with E-state index in [9.17, 15) is 14.9 Å². The van der Waals surface area contributed by atoms with Crippen LogP contribution in [0.4, 0.5) is 5.69 Å². The van der Waals surface area contributed by atoms with Gasteiger partial charge in [0, 0.05) is 17.9 Å². The van der Waals surface area contributed by atoms with E-state index in [1.807, 2.05) is 6.92 Å². The maximum absolute atomic E-state index is 11.0. The summed E-state index contributed by atoms with van der Waals surface area (Å²) in [5.41, 5.74) is -0.550. The van der Waals surface area contributed by atoms with Crippen LogP contribution >= 0.6 is 11.8 Å². The lowest BCUT2D eigenvalue weighted by molar-refractivity contribution is -0.385. The van der Waals surface area contributed by atoms with Crippen LogP contribution in [0.1, 0.15) is 23.7 Å². The third-order valence-electron chi connectivity index (χ3n) is 2.13. The van der Waals surface area contributed by atoms with E-state index in [0.717, 1.165) is 12.3 Å². The minimum absolute atomic E-state index is 0.0104. The topological polar surface area (TPSA) is 114 Å². The summed E-state index contributed by atoms with van der Waals surface area (Å²) in [6, 6.07) is 0.989. The van der Waals surface area contributed by atoms with E-state index in [1.54, 1.807) is 0 Å². The molecule has 7 nitrogen and oxygen atoms in total. The first-order valence-electron chi connectivity index (χ1n) is 5.11. The fourth-order valence-electron chi connectivity index (χ4n) is 1.22. The normalized spacial score (nSPS) is 12.1. The Kier molecular flexibility index (Phi) is 5.05. The lowest BCUT2D eigenvalue weighted by atomic mass is 10.3. The van der Waals surface area contributed by atoms with Crippen LogP contribution in [0.25, 0.3) is 0 Å². The molecule has 1 heterocycles. The number of nitrogens with zero attached hydrogens (tertiary/aromatic N) is 2. The van der Waals surface area contributed by atoms with Crippen molar-refractivity contribution in [2.24, 2.45) is 0 Å². The second-order valence-electron chi connectivity index (χ2n) is 3.55. The van der Waals surface area contributed by atoms with Gasteiger partial charge in [-0.2, -0.15) is 0 Å². The van der Waals surface area contributed by atoms with Crippen LogP contribution in [-0.4, -0.2) is 37.9 Å². The van der Waals surface area contributed by atoms with Crippen molar-refractivity contribution in [3.63, 3.8) is 0 Å². The Morgan fingerprint density at radius 1 is 1.67 bits per heavy atom. The molecular formula is C10H12N2O5S. The third kappa shape index (κ3) is 3.67. The average molecular weight is 272 g/mol. The number of nitro groups is 1. The Morgan fingerprint density at radius 3 is 2.83 bits per heavy atom. The molecule has 1 rings (SSSR count). The number of aliphatic hydroxyl groups is 1. The van der Waals surface area contributed by atoms with Gasteiger partial charge < -0.3 is 10.2 Å². The number of pyridine rings is 1. The van der Waals surface area contributed by atoms with Crippen molar-refractivity contribution >= 4 is 23.4 Å². The van der Waals surface area contributed by atoms with E-state index < -0.39 is 10.9 Å². The molecule has 0 saturated carbocycles. The Bertz CT molecular complexity index is 466. The minimum Gasteiger partial charge on any atom is -0.478 e. The zero-order valence-electron chi connectivity index (χ0n) is 9.57. The van der Waals surface area contributed by atoms with Gasteiger partial charge in [0.1, 0.15) is 11.2 Å². The third-order valence-corrected chi connectivity index (χ3v) is 3.31. The second-order valence-corrected chi connectivity index (χ2v) is 4.98. The average Bonchev–Trinajstić information content (AvgIpc) is 2.29. The molecule has 0 aliphatic rings. The maximum atomic E-state index is 11.0. The molecule has 0 fully saturated rings. The van der Waals surface area contributed by atoms with E-state index in [1.165, 1.54) is 11.8 Å². The molecule has 8 heteroatoms. The molecule has 1 aromatic heterocycles. The molecule has 18 heavy (non-hydrogen) atoms. The van der Waals surface area contributed by atoms with E-state index in [4.69, 9.17) is 10.2 Å². The van der Waals surface area contributed by atoms with Gasteiger partial charge in [0.05, 0.1) is 10.5 Å². The van der Waals surface area contributed by atoms with Crippen LogP contribution in [0.15, 0.2) is 17.3 Å². The second kappa shape index (κ2) is 6.31. The molecule has 1 atom stereocenters.